The zero-order valence-corrected chi connectivity index (χ0v) is 21.5. The van der Waals surface area contributed by atoms with Gasteiger partial charge in [0.15, 0.2) is 5.96 Å². The van der Waals surface area contributed by atoms with Crippen molar-refractivity contribution in [2.24, 2.45) is 5.73 Å². The number of aromatic nitrogens is 3. The Morgan fingerprint density at radius 1 is 0.842 bits per heavy atom. The predicted octanol–water partition coefficient (Wildman–Crippen LogP) is 4.47. The van der Waals surface area contributed by atoms with Crippen molar-refractivity contribution in [3.63, 3.8) is 0 Å². The van der Waals surface area contributed by atoms with Crippen molar-refractivity contribution in [1.29, 1.82) is 5.41 Å². The smallest absolute Gasteiger partial charge is 0.188 e. The molecule has 0 radical (unpaired) electrons. The molecule has 2 aliphatic rings. The number of rotatable bonds is 5. The number of hydrogen-bond donors (Lipinski definition) is 3. The molecule has 5 N–H and O–H groups in total. The number of piperazine rings is 1. The standard InChI is InChI=1S/C29H34N8O/c30-27-26-25(20-6-12-24(13-7-20)38-23-4-2-1-3-5-23)18-37(28(26)34-19-33-27)22-10-8-21(9-11-22)35-14-16-36(17-15-35)29(31)32/h1-7,12-13,18-19,21-22H,8-11,14-17H2,(H3,31,32)(H2,30,33,34)/t21-,22-. The lowest BCUT2D eigenvalue weighted by Crippen LogP contribution is -2.54. The van der Waals surface area contributed by atoms with Crippen LogP contribution >= 0.6 is 0 Å². The molecule has 6 rings (SSSR count). The van der Waals surface area contributed by atoms with Crippen LogP contribution in [0.1, 0.15) is 31.7 Å². The number of hydrogen-bond acceptors (Lipinski definition) is 6. The van der Waals surface area contributed by atoms with Gasteiger partial charge in [0.1, 0.15) is 29.3 Å². The minimum absolute atomic E-state index is 0.184. The number of fused-ring (bicyclic) bond motifs is 1. The van der Waals surface area contributed by atoms with Crippen molar-refractivity contribution < 1.29 is 4.74 Å². The number of nitrogens with two attached hydrogens (primary N) is 2. The Kier molecular flexibility index (Phi) is 6.59. The number of benzene rings is 2. The molecule has 1 aliphatic carbocycles. The Labute approximate surface area is 222 Å². The maximum absolute atomic E-state index is 7.68. The molecule has 4 aromatic rings. The normalized spacial score (nSPS) is 20.5. The van der Waals surface area contributed by atoms with Crippen LogP contribution in [-0.4, -0.2) is 62.5 Å². The number of ether oxygens (including phenoxy) is 1. The first-order valence-corrected chi connectivity index (χ1v) is 13.3. The second kappa shape index (κ2) is 10.3. The van der Waals surface area contributed by atoms with Crippen molar-refractivity contribution >= 4 is 22.8 Å². The van der Waals surface area contributed by atoms with Crippen LogP contribution in [0.25, 0.3) is 22.2 Å². The molecule has 0 unspecified atom stereocenters. The van der Waals surface area contributed by atoms with Gasteiger partial charge in [-0.05, 0) is 55.5 Å². The first kappa shape index (κ1) is 24.2. The second-order valence-electron chi connectivity index (χ2n) is 10.2. The summed E-state index contributed by atoms with van der Waals surface area (Å²) in [4.78, 5) is 13.5. The largest absolute Gasteiger partial charge is 0.457 e. The summed E-state index contributed by atoms with van der Waals surface area (Å²) in [6, 6.07) is 18.9. The first-order valence-electron chi connectivity index (χ1n) is 13.3. The Balaban J connectivity index is 1.20. The van der Waals surface area contributed by atoms with Crippen LogP contribution in [0.3, 0.4) is 0 Å². The number of nitrogens with one attached hydrogen (secondary N) is 1. The zero-order chi connectivity index (χ0) is 26.1. The Bertz CT molecular complexity index is 1400. The lowest BCUT2D eigenvalue weighted by atomic mass is 9.89. The Morgan fingerprint density at radius 2 is 1.50 bits per heavy atom. The average Bonchev–Trinajstić information content (AvgIpc) is 3.35. The van der Waals surface area contributed by atoms with Gasteiger partial charge in [0.05, 0.1) is 5.39 Å². The number of anilines is 1. The van der Waals surface area contributed by atoms with Gasteiger partial charge in [-0.1, -0.05) is 30.3 Å². The quantitative estimate of drug-likeness (QED) is 0.267. The van der Waals surface area contributed by atoms with Gasteiger partial charge in [0.25, 0.3) is 0 Å². The van der Waals surface area contributed by atoms with E-state index in [2.05, 4.69) is 37.8 Å². The van der Waals surface area contributed by atoms with Gasteiger partial charge < -0.3 is 25.7 Å². The maximum atomic E-state index is 7.68. The summed E-state index contributed by atoms with van der Waals surface area (Å²) in [5.41, 5.74) is 15.1. The highest BCUT2D eigenvalue weighted by Gasteiger charge is 2.30. The fraction of sp³-hybridized carbons (Fsp3) is 0.345. The summed E-state index contributed by atoms with van der Waals surface area (Å²) in [7, 11) is 0. The number of nitrogen functional groups attached to an aromatic ring is 1. The average molecular weight is 511 g/mol. The molecule has 0 bridgehead atoms. The third kappa shape index (κ3) is 4.77. The Morgan fingerprint density at radius 3 is 2.18 bits per heavy atom. The molecule has 2 fully saturated rings. The first-order chi connectivity index (χ1) is 18.6. The lowest BCUT2D eigenvalue weighted by Gasteiger charge is -2.42. The molecule has 2 aromatic carbocycles. The van der Waals surface area contributed by atoms with E-state index in [4.69, 9.17) is 21.6 Å². The highest BCUT2D eigenvalue weighted by atomic mass is 16.5. The third-order valence-corrected chi connectivity index (χ3v) is 8.01. The van der Waals surface area contributed by atoms with Crippen LogP contribution in [0.2, 0.25) is 0 Å². The molecule has 1 aliphatic heterocycles. The van der Waals surface area contributed by atoms with E-state index in [1.807, 2.05) is 47.4 Å². The van der Waals surface area contributed by atoms with E-state index in [0.29, 0.717) is 17.9 Å². The number of nitrogens with zero attached hydrogens (tertiary/aromatic N) is 5. The SMILES string of the molecule is N=C(N)N1CCN([C@H]2CC[C@H](n3cc(-c4ccc(Oc5ccccc5)cc4)c4c(N)ncnc43)CC2)CC1. The predicted molar refractivity (Wildman–Crippen MR) is 150 cm³/mol. The van der Waals surface area contributed by atoms with Gasteiger partial charge in [-0.25, -0.2) is 9.97 Å². The van der Waals surface area contributed by atoms with Crippen LogP contribution in [-0.2, 0) is 0 Å². The third-order valence-electron chi connectivity index (χ3n) is 8.01. The van der Waals surface area contributed by atoms with Gasteiger partial charge in [0, 0.05) is 50.0 Å². The van der Waals surface area contributed by atoms with Crippen LogP contribution in [0.5, 0.6) is 11.5 Å². The summed E-state index contributed by atoms with van der Waals surface area (Å²) in [6.45, 7) is 3.62. The monoisotopic (exact) mass is 510 g/mol. The van der Waals surface area contributed by atoms with Crippen molar-refractivity contribution in [2.45, 2.75) is 37.8 Å². The molecule has 0 amide bonds. The van der Waals surface area contributed by atoms with E-state index >= 15 is 0 Å². The van der Waals surface area contributed by atoms with Crippen molar-refractivity contribution in [3.8, 4) is 22.6 Å². The van der Waals surface area contributed by atoms with Gasteiger partial charge in [0.2, 0.25) is 0 Å². The molecule has 2 aromatic heterocycles. The van der Waals surface area contributed by atoms with Crippen molar-refractivity contribution in [1.82, 2.24) is 24.3 Å². The molecule has 0 spiro atoms. The van der Waals surface area contributed by atoms with Gasteiger partial charge >= 0.3 is 0 Å². The minimum Gasteiger partial charge on any atom is -0.457 e. The number of guanidine groups is 1. The summed E-state index contributed by atoms with van der Waals surface area (Å²) in [6.07, 6.45) is 8.25. The topological polar surface area (TPSA) is 122 Å². The van der Waals surface area contributed by atoms with Crippen LogP contribution < -0.4 is 16.2 Å². The summed E-state index contributed by atoms with van der Waals surface area (Å²) in [5, 5.41) is 8.59. The van der Waals surface area contributed by atoms with Gasteiger partial charge in [-0.2, -0.15) is 0 Å². The molecule has 196 valence electrons. The summed E-state index contributed by atoms with van der Waals surface area (Å²) in [5.74, 6) is 2.29. The van der Waals surface area contributed by atoms with Crippen LogP contribution in [0, 0.1) is 5.41 Å². The molecule has 9 nitrogen and oxygen atoms in total. The molecule has 1 saturated carbocycles. The molecule has 3 heterocycles. The van der Waals surface area contributed by atoms with E-state index in [1.54, 1.807) is 6.33 Å². The summed E-state index contributed by atoms with van der Waals surface area (Å²) < 4.78 is 8.30. The highest BCUT2D eigenvalue weighted by Crippen LogP contribution is 2.39. The van der Waals surface area contributed by atoms with Crippen LogP contribution in [0.15, 0.2) is 67.1 Å². The maximum Gasteiger partial charge on any atom is 0.188 e. The van der Waals surface area contributed by atoms with Crippen molar-refractivity contribution in [2.75, 3.05) is 31.9 Å². The second-order valence-corrected chi connectivity index (χ2v) is 10.2. The zero-order valence-electron chi connectivity index (χ0n) is 21.5. The molecular formula is C29H34N8O. The molecule has 9 heteroatoms. The van der Waals surface area contributed by atoms with E-state index in [0.717, 1.165) is 85.5 Å². The van der Waals surface area contributed by atoms with E-state index in [-0.39, 0.29) is 5.96 Å². The highest BCUT2D eigenvalue weighted by molar-refractivity contribution is 6.00. The van der Waals surface area contributed by atoms with E-state index < -0.39 is 0 Å². The van der Waals surface area contributed by atoms with Crippen LogP contribution in [0.4, 0.5) is 5.82 Å². The van der Waals surface area contributed by atoms with Crippen molar-refractivity contribution in [3.05, 3.63) is 67.1 Å². The molecule has 1 saturated heterocycles. The molecular weight excluding hydrogens is 476 g/mol. The summed E-state index contributed by atoms with van der Waals surface area (Å²) >= 11 is 0. The minimum atomic E-state index is 0.184. The Hall–Kier alpha value is -4.11. The fourth-order valence-corrected chi connectivity index (χ4v) is 5.96. The van der Waals surface area contributed by atoms with Gasteiger partial charge in [-0.3, -0.25) is 10.3 Å². The van der Waals surface area contributed by atoms with Gasteiger partial charge in [-0.15, -0.1) is 0 Å². The van der Waals surface area contributed by atoms with E-state index in [9.17, 15) is 0 Å². The fourth-order valence-electron chi connectivity index (χ4n) is 5.96. The molecule has 0 atom stereocenters. The molecule has 38 heavy (non-hydrogen) atoms. The van der Waals surface area contributed by atoms with E-state index in [1.165, 1.54) is 0 Å². The lowest BCUT2D eigenvalue weighted by molar-refractivity contribution is 0.0960. The number of para-hydroxylation sites is 1.